The van der Waals surface area contributed by atoms with Crippen LogP contribution in [0.2, 0.25) is 5.02 Å². The van der Waals surface area contributed by atoms with Crippen LogP contribution in [0, 0.1) is 12.7 Å². The molecule has 0 aliphatic heterocycles. The molecule has 0 aromatic heterocycles. The second kappa shape index (κ2) is 6.03. The Kier molecular flexibility index (Phi) is 4.54. The van der Waals surface area contributed by atoms with Gasteiger partial charge < -0.3 is 0 Å². The van der Waals surface area contributed by atoms with Gasteiger partial charge in [0.1, 0.15) is 5.82 Å². The zero-order chi connectivity index (χ0) is 15.6. The van der Waals surface area contributed by atoms with E-state index in [0.29, 0.717) is 16.3 Å². The lowest BCUT2D eigenvalue weighted by atomic mass is 10.2. The van der Waals surface area contributed by atoms with Gasteiger partial charge >= 0.3 is 0 Å². The van der Waals surface area contributed by atoms with Crippen LogP contribution in [0.4, 0.5) is 10.1 Å². The quantitative estimate of drug-likeness (QED) is 0.857. The minimum atomic E-state index is -3.52. The van der Waals surface area contributed by atoms with Gasteiger partial charge in [0.05, 0.1) is 18.5 Å². The highest BCUT2D eigenvalue weighted by atomic mass is 35.5. The summed E-state index contributed by atoms with van der Waals surface area (Å²) in [4.78, 5) is 0. The van der Waals surface area contributed by atoms with Crippen molar-refractivity contribution in [2.24, 2.45) is 0 Å². The van der Waals surface area contributed by atoms with E-state index in [-0.39, 0.29) is 6.54 Å². The molecule has 0 saturated carbocycles. The molecule has 2 aromatic carbocycles. The molecule has 0 bridgehead atoms. The lowest BCUT2D eigenvalue weighted by Gasteiger charge is -2.23. The molecule has 0 aliphatic rings. The van der Waals surface area contributed by atoms with E-state index in [0.717, 1.165) is 11.8 Å². The highest BCUT2D eigenvalue weighted by Crippen LogP contribution is 2.23. The Hall–Kier alpha value is -1.59. The number of rotatable bonds is 4. The topological polar surface area (TPSA) is 37.4 Å². The van der Waals surface area contributed by atoms with Crippen LogP contribution in [0.15, 0.2) is 42.5 Å². The number of nitrogens with zero attached hydrogens (tertiary/aromatic N) is 1. The summed E-state index contributed by atoms with van der Waals surface area (Å²) in [7, 11) is -3.52. The third-order valence-corrected chi connectivity index (χ3v) is 4.48. The predicted molar refractivity (Wildman–Crippen MR) is 83.6 cm³/mol. The fraction of sp³-hybridized carbons (Fsp3) is 0.200. The van der Waals surface area contributed by atoms with Gasteiger partial charge in [0.2, 0.25) is 10.0 Å². The van der Waals surface area contributed by atoms with E-state index in [1.165, 1.54) is 10.4 Å². The van der Waals surface area contributed by atoms with Crippen LogP contribution in [-0.2, 0) is 16.6 Å². The molecule has 0 spiro atoms. The Morgan fingerprint density at radius 1 is 1.14 bits per heavy atom. The standard InChI is InChI=1S/C15H15ClFNO2S/c1-11-3-8-14(9-15(11)17)18(21(2,19)20)10-12-4-6-13(16)7-5-12/h3-9H,10H2,1-2H3. The van der Waals surface area contributed by atoms with Crippen molar-refractivity contribution in [1.29, 1.82) is 0 Å². The Morgan fingerprint density at radius 2 is 1.76 bits per heavy atom. The Morgan fingerprint density at radius 3 is 2.29 bits per heavy atom. The van der Waals surface area contributed by atoms with Crippen molar-refractivity contribution >= 4 is 27.3 Å². The number of hydrogen-bond acceptors (Lipinski definition) is 2. The minimum Gasteiger partial charge on any atom is -0.266 e. The van der Waals surface area contributed by atoms with Gasteiger partial charge in [-0.1, -0.05) is 29.8 Å². The third kappa shape index (κ3) is 3.95. The molecule has 0 radical (unpaired) electrons. The highest BCUT2D eigenvalue weighted by Gasteiger charge is 2.18. The van der Waals surface area contributed by atoms with E-state index in [1.807, 2.05) is 0 Å². The molecule has 6 heteroatoms. The van der Waals surface area contributed by atoms with Crippen molar-refractivity contribution in [3.05, 3.63) is 64.4 Å². The second-order valence-corrected chi connectivity index (χ2v) is 7.17. The van der Waals surface area contributed by atoms with Gasteiger partial charge in [-0.2, -0.15) is 0 Å². The van der Waals surface area contributed by atoms with E-state index < -0.39 is 15.8 Å². The smallest absolute Gasteiger partial charge is 0.232 e. The van der Waals surface area contributed by atoms with Gasteiger partial charge in [-0.25, -0.2) is 12.8 Å². The van der Waals surface area contributed by atoms with Crippen LogP contribution < -0.4 is 4.31 Å². The van der Waals surface area contributed by atoms with Gasteiger partial charge in [0.15, 0.2) is 0 Å². The van der Waals surface area contributed by atoms with Crippen molar-refractivity contribution in [3.8, 4) is 0 Å². The van der Waals surface area contributed by atoms with E-state index in [4.69, 9.17) is 11.6 Å². The van der Waals surface area contributed by atoms with Crippen LogP contribution in [0.25, 0.3) is 0 Å². The summed E-state index contributed by atoms with van der Waals surface area (Å²) in [6.45, 7) is 1.75. The van der Waals surface area contributed by atoms with Crippen molar-refractivity contribution < 1.29 is 12.8 Å². The molecule has 0 fully saturated rings. The molecule has 0 N–H and O–H groups in total. The van der Waals surface area contributed by atoms with Crippen LogP contribution in [0.3, 0.4) is 0 Å². The average Bonchev–Trinajstić information content (AvgIpc) is 2.40. The second-order valence-electron chi connectivity index (χ2n) is 4.83. The summed E-state index contributed by atoms with van der Waals surface area (Å²) >= 11 is 5.81. The van der Waals surface area contributed by atoms with Gasteiger partial charge in [-0.05, 0) is 42.3 Å². The molecule has 0 amide bonds. The third-order valence-electron chi connectivity index (χ3n) is 3.08. The number of sulfonamides is 1. The number of benzene rings is 2. The van der Waals surface area contributed by atoms with E-state index in [1.54, 1.807) is 43.3 Å². The van der Waals surface area contributed by atoms with Crippen LogP contribution in [0.1, 0.15) is 11.1 Å². The summed E-state index contributed by atoms with van der Waals surface area (Å²) < 4.78 is 38.8. The predicted octanol–water partition coefficient (Wildman–Crippen LogP) is 3.75. The largest absolute Gasteiger partial charge is 0.266 e. The van der Waals surface area contributed by atoms with Crippen LogP contribution in [-0.4, -0.2) is 14.7 Å². The number of anilines is 1. The molecule has 0 heterocycles. The van der Waals surface area contributed by atoms with Crippen molar-refractivity contribution in [2.75, 3.05) is 10.6 Å². The van der Waals surface area contributed by atoms with Crippen molar-refractivity contribution in [1.82, 2.24) is 0 Å². The summed E-state index contributed by atoms with van der Waals surface area (Å²) in [6.07, 6.45) is 1.10. The van der Waals surface area contributed by atoms with Gasteiger partial charge in [-0.15, -0.1) is 0 Å². The van der Waals surface area contributed by atoms with Gasteiger partial charge in [0.25, 0.3) is 0 Å². The molecule has 0 aliphatic carbocycles. The molecule has 0 unspecified atom stereocenters. The molecule has 3 nitrogen and oxygen atoms in total. The lowest BCUT2D eigenvalue weighted by molar-refractivity contribution is 0.595. The number of halogens is 2. The Bertz CT molecular complexity index is 745. The first-order valence-corrected chi connectivity index (χ1v) is 8.48. The summed E-state index contributed by atoms with van der Waals surface area (Å²) in [5.41, 5.74) is 1.54. The number of aryl methyl sites for hydroxylation is 1. The number of hydrogen-bond donors (Lipinski definition) is 0. The maximum absolute atomic E-state index is 13.7. The Balaban J connectivity index is 2.39. The first-order chi connectivity index (χ1) is 9.77. The maximum Gasteiger partial charge on any atom is 0.232 e. The molecule has 0 atom stereocenters. The van der Waals surface area contributed by atoms with E-state index >= 15 is 0 Å². The van der Waals surface area contributed by atoms with Crippen LogP contribution >= 0.6 is 11.6 Å². The fourth-order valence-electron chi connectivity index (χ4n) is 1.89. The molecular formula is C15H15ClFNO2S. The lowest BCUT2D eigenvalue weighted by Crippen LogP contribution is -2.29. The molecular weight excluding hydrogens is 313 g/mol. The van der Waals surface area contributed by atoms with E-state index in [9.17, 15) is 12.8 Å². The zero-order valence-corrected chi connectivity index (χ0v) is 13.2. The first kappa shape index (κ1) is 15.8. The summed E-state index contributed by atoms with van der Waals surface area (Å²) in [5.74, 6) is -0.433. The average molecular weight is 328 g/mol. The monoisotopic (exact) mass is 327 g/mol. The molecule has 21 heavy (non-hydrogen) atoms. The first-order valence-electron chi connectivity index (χ1n) is 6.25. The van der Waals surface area contributed by atoms with Crippen molar-refractivity contribution in [3.63, 3.8) is 0 Å². The maximum atomic E-state index is 13.7. The Labute approximate surface area is 129 Å². The van der Waals surface area contributed by atoms with Crippen LogP contribution in [0.5, 0.6) is 0 Å². The SMILES string of the molecule is Cc1ccc(N(Cc2ccc(Cl)cc2)S(C)(=O)=O)cc1F. The molecule has 112 valence electrons. The van der Waals surface area contributed by atoms with Gasteiger partial charge in [0, 0.05) is 5.02 Å². The molecule has 2 aromatic rings. The van der Waals surface area contributed by atoms with Gasteiger partial charge in [-0.3, -0.25) is 4.31 Å². The fourth-order valence-corrected chi connectivity index (χ4v) is 2.90. The zero-order valence-electron chi connectivity index (χ0n) is 11.7. The normalized spacial score (nSPS) is 11.4. The summed E-state index contributed by atoms with van der Waals surface area (Å²) in [5, 5.41) is 0.575. The van der Waals surface area contributed by atoms with E-state index in [2.05, 4.69) is 0 Å². The molecule has 0 saturated heterocycles. The van der Waals surface area contributed by atoms with Crippen molar-refractivity contribution in [2.45, 2.75) is 13.5 Å². The highest BCUT2D eigenvalue weighted by molar-refractivity contribution is 7.92. The summed E-state index contributed by atoms with van der Waals surface area (Å²) in [6, 6.07) is 11.2. The minimum absolute atomic E-state index is 0.124. The molecule has 2 rings (SSSR count).